The topological polar surface area (TPSA) is 84.4 Å². The van der Waals surface area contributed by atoms with Crippen LogP contribution in [-0.2, 0) is 16.9 Å². The van der Waals surface area contributed by atoms with Crippen molar-refractivity contribution < 1.29 is 16.5 Å². The molecule has 192 valence electrons. The largest absolute Gasteiger partial charge is 0.488 e. The molecule has 5 aromatic rings. The van der Waals surface area contributed by atoms with Gasteiger partial charge in [0.1, 0.15) is 11.4 Å². The molecule has 0 radical (unpaired) electrons. The first-order valence-electron chi connectivity index (χ1n) is 12.2. The van der Waals surface area contributed by atoms with Crippen molar-refractivity contribution in [1.82, 2.24) is 14.5 Å². The third-order valence-corrected chi connectivity index (χ3v) is 7.66. The monoisotopic (exact) mass is 529 g/mol. The Bertz CT molecular complexity index is 1980. The molecule has 1 saturated heterocycles. The third-order valence-electron chi connectivity index (χ3n) is 7.27. The van der Waals surface area contributed by atoms with Gasteiger partial charge in [0.25, 0.3) is 0 Å². The Morgan fingerprint density at radius 1 is 1.13 bits per heavy atom. The number of rotatable bonds is 5. The summed E-state index contributed by atoms with van der Waals surface area (Å²) in [6, 6.07) is 15.9. The average Bonchev–Trinajstić information content (AvgIpc) is 3.24. The molecule has 0 saturated carbocycles. The lowest BCUT2D eigenvalue weighted by molar-refractivity contribution is 0.146. The summed E-state index contributed by atoms with van der Waals surface area (Å²) in [6.45, 7) is 3.63. The van der Waals surface area contributed by atoms with Crippen molar-refractivity contribution in [2.24, 2.45) is 0 Å². The standard InChI is InChI=1S/C29H24FN3O4S/c1-4-17-9-10-22-25(11-17)31-29-27(22)28(34)24-13-18(5-2)23(14-26(24)33(29)20-15-32(3)16-20)19-7-6-8-21(12-19)37-38(30,35)36/h1,6-14,20,31H,5,15-16H2,2-3H3. The van der Waals surface area contributed by atoms with Crippen LogP contribution in [0, 0.1) is 12.3 Å². The highest BCUT2D eigenvalue weighted by Crippen LogP contribution is 2.36. The minimum absolute atomic E-state index is 0.0690. The maximum Gasteiger partial charge on any atom is 0.488 e. The van der Waals surface area contributed by atoms with Crippen LogP contribution >= 0.6 is 0 Å². The molecular formula is C29H24FN3O4S. The summed E-state index contributed by atoms with van der Waals surface area (Å²) in [4.78, 5) is 19.6. The number of hydrogen-bond acceptors (Lipinski definition) is 5. The molecule has 0 bridgehead atoms. The second kappa shape index (κ2) is 8.72. The molecule has 3 heterocycles. The van der Waals surface area contributed by atoms with Gasteiger partial charge in [0, 0.05) is 34.9 Å². The van der Waals surface area contributed by atoms with E-state index >= 15 is 0 Å². The normalized spacial score (nSPS) is 14.7. The molecule has 9 heteroatoms. The number of nitrogens with zero attached hydrogens (tertiary/aromatic N) is 2. The minimum atomic E-state index is -5.16. The predicted octanol–water partition coefficient (Wildman–Crippen LogP) is 4.93. The van der Waals surface area contributed by atoms with Crippen molar-refractivity contribution in [3.05, 3.63) is 75.9 Å². The van der Waals surface area contributed by atoms with Gasteiger partial charge in [-0.3, -0.25) is 4.79 Å². The summed E-state index contributed by atoms with van der Waals surface area (Å²) in [5.41, 5.74) is 5.34. The molecule has 1 N–H and O–H groups in total. The van der Waals surface area contributed by atoms with Gasteiger partial charge in [0.2, 0.25) is 0 Å². The summed E-state index contributed by atoms with van der Waals surface area (Å²) in [6.07, 6.45) is 6.25. The van der Waals surface area contributed by atoms with Crippen LogP contribution < -0.4 is 9.61 Å². The van der Waals surface area contributed by atoms with E-state index in [0.717, 1.165) is 51.8 Å². The highest BCUT2D eigenvalue weighted by molar-refractivity contribution is 7.81. The van der Waals surface area contributed by atoms with Crippen LogP contribution in [0.2, 0.25) is 0 Å². The maximum absolute atomic E-state index is 14.0. The fraction of sp³-hybridized carbons (Fsp3) is 0.207. The van der Waals surface area contributed by atoms with E-state index in [2.05, 4.69) is 24.6 Å². The van der Waals surface area contributed by atoms with Crippen LogP contribution in [0.15, 0.2) is 59.4 Å². The Labute approximate surface area is 218 Å². The molecule has 0 aliphatic carbocycles. The molecule has 1 aliphatic heterocycles. The van der Waals surface area contributed by atoms with E-state index in [0.29, 0.717) is 22.8 Å². The van der Waals surface area contributed by atoms with E-state index in [1.807, 2.05) is 44.3 Å². The van der Waals surface area contributed by atoms with Crippen LogP contribution in [0.5, 0.6) is 5.75 Å². The van der Waals surface area contributed by atoms with E-state index in [-0.39, 0.29) is 17.2 Å². The summed E-state index contributed by atoms with van der Waals surface area (Å²) < 4.78 is 42.0. The lowest BCUT2D eigenvalue weighted by Gasteiger charge is -2.39. The van der Waals surface area contributed by atoms with Gasteiger partial charge >= 0.3 is 10.5 Å². The smallest absolute Gasteiger partial charge is 0.358 e. The van der Waals surface area contributed by atoms with Gasteiger partial charge < -0.3 is 18.6 Å². The summed E-state index contributed by atoms with van der Waals surface area (Å²) in [5, 5.41) is 2.06. The number of halogens is 1. The minimum Gasteiger partial charge on any atom is -0.358 e. The van der Waals surface area contributed by atoms with Gasteiger partial charge in [-0.2, -0.15) is 8.42 Å². The number of aromatic amines is 1. The first kappa shape index (κ1) is 24.2. The fourth-order valence-corrected chi connectivity index (χ4v) is 5.89. The number of likely N-dealkylation sites (tertiary alicyclic amines) is 1. The van der Waals surface area contributed by atoms with E-state index < -0.39 is 10.5 Å². The molecule has 0 atom stereocenters. The molecule has 1 fully saturated rings. The lowest BCUT2D eigenvalue weighted by Crippen LogP contribution is -2.45. The van der Waals surface area contributed by atoms with E-state index in [9.17, 15) is 17.1 Å². The Morgan fingerprint density at radius 3 is 2.61 bits per heavy atom. The molecular weight excluding hydrogens is 505 g/mol. The highest BCUT2D eigenvalue weighted by Gasteiger charge is 2.29. The fourth-order valence-electron chi connectivity index (χ4n) is 5.55. The second-order valence-electron chi connectivity index (χ2n) is 9.71. The van der Waals surface area contributed by atoms with E-state index in [1.165, 1.54) is 12.1 Å². The van der Waals surface area contributed by atoms with E-state index in [4.69, 9.17) is 6.42 Å². The van der Waals surface area contributed by atoms with Crippen molar-refractivity contribution in [2.75, 3.05) is 20.1 Å². The SMILES string of the molecule is C#Cc1ccc2c(c1)[nH]c1c2c(=O)c2cc(CC)c(-c3cccc(OS(=O)(=O)F)c3)cc2n1C1CN(C)C1. The number of benzene rings is 3. The van der Waals surface area contributed by atoms with Crippen LogP contribution in [0.4, 0.5) is 3.89 Å². The number of likely N-dealkylation sites (N-methyl/N-ethyl adjacent to an activating group) is 1. The predicted molar refractivity (Wildman–Crippen MR) is 148 cm³/mol. The number of fused-ring (bicyclic) bond motifs is 4. The van der Waals surface area contributed by atoms with Crippen LogP contribution in [0.25, 0.3) is 44.0 Å². The third kappa shape index (κ3) is 3.93. The zero-order chi connectivity index (χ0) is 26.8. The first-order chi connectivity index (χ1) is 18.2. The Morgan fingerprint density at radius 2 is 1.92 bits per heavy atom. The van der Waals surface area contributed by atoms with Gasteiger partial charge in [-0.05, 0) is 66.6 Å². The molecule has 7 nitrogen and oxygen atoms in total. The van der Waals surface area contributed by atoms with Crippen molar-refractivity contribution in [3.63, 3.8) is 0 Å². The van der Waals surface area contributed by atoms with E-state index in [1.54, 1.807) is 12.1 Å². The molecule has 0 spiro atoms. The number of H-pyrrole nitrogens is 1. The summed E-state index contributed by atoms with van der Waals surface area (Å²) in [5.74, 6) is 2.53. The number of terminal acetylenes is 1. The number of nitrogens with one attached hydrogen (secondary N) is 1. The van der Waals surface area contributed by atoms with Crippen LogP contribution in [-0.4, -0.2) is 43.0 Å². The van der Waals surface area contributed by atoms with Gasteiger partial charge in [-0.1, -0.05) is 34.9 Å². The molecule has 0 unspecified atom stereocenters. The molecule has 38 heavy (non-hydrogen) atoms. The Balaban J connectivity index is 1.68. The van der Waals surface area contributed by atoms with Gasteiger partial charge in [-0.25, -0.2) is 0 Å². The molecule has 0 amide bonds. The maximum atomic E-state index is 14.0. The quantitative estimate of drug-likeness (QED) is 0.258. The van der Waals surface area contributed by atoms with Gasteiger partial charge in [0.15, 0.2) is 5.43 Å². The second-order valence-corrected chi connectivity index (χ2v) is 10.7. The van der Waals surface area contributed by atoms with Gasteiger partial charge in [0.05, 0.1) is 16.9 Å². The molecule has 6 rings (SSSR count). The summed E-state index contributed by atoms with van der Waals surface area (Å²) in [7, 11) is -3.11. The average molecular weight is 530 g/mol. The molecule has 1 aliphatic rings. The Kier molecular flexibility index (Phi) is 5.56. The van der Waals surface area contributed by atoms with Crippen molar-refractivity contribution in [1.29, 1.82) is 0 Å². The van der Waals surface area contributed by atoms with Gasteiger partial charge in [-0.15, -0.1) is 6.42 Å². The molecule has 2 aromatic heterocycles. The highest BCUT2D eigenvalue weighted by atomic mass is 32.3. The van der Waals surface area contributed by atoms with Crippen molar-refractivity contribution in [3.8, 4) is 29.2 Å². The number of aromatic nitrogens is 2. The number of pyridine rings is 1. The summed E-state index contributed by atoms with van der Waals surface area (Å²) >= 11 is 0. The van der Waals surface area contributed by atoms with Crippen LogP contribution in [0.3, 0.4) is 0 Å². The number of hydrogen-bond donors (Lipinski definition) is 1. The zero-order valence-electron chi connectivity index (χ0n) is 20.8. The lowest BCUT2D eigenvalue weighted by atomic mass is 9.94. The number of aryl methyl sites for hydroxylation is 1. The van der Waals surface area contributed by atoms with Crippen LogP contribution in [0.1, 0.15) is 24.1 Å². The molecule has 3 aromatic carbocycles. The van der Waals surface area contributed by atoms with Crippen molar-refractivity contribution in [2.45, 2.75) is 19.4 Å². The zero-order valence-corrected chi connectivity index (χ0v) is 21.6. The first-order valence-corrected chi connectivity index (χ1v) is 13.5. The Hall–Kier alpha value is -4.13. The van der Waals surface area contributed by atoms with Crippen molar-refractivity contribution >= 4 is 43.3 Å².